The number of nitrogens with one attached hydrogen (secondary N) is 1. The van der Waals surface area contributed by atoms with E-state index in [2.05, 4.69) is 5.32 Å². The van der Waals surface area contributed by atoms with E-state index in [1.807, 2.05) is 26.8 Å². The van der Waals surface area contributed by atoms with E-state index in [-0.39, 0.29) is 29.2 Å². The molecule has 0 radical (unpaired) electrons. The van der Waals surface area contributed by atoms with Crippen molar-refractivity contribution in [1.82, 2.24) is 5.32 Å². The van der Waals surface area contributed by atoms with Crippen LogP contribution in [-0.2, 0) is 11.3 Å². The van der Waals surface area contributed by atoms with Crippen LogP contribution in [0.1, 0.15) is 49.4 Å². The zero-order chi connectivity index (χ0) is 28.9. The predicted octanol–water partition coefficient (Wildman–Crippen LogP) is 5.32. The van der Waals surface area contributed by atoms with E-state index in [9.17, 15) is 14.9 Å². The number of nitrogens with zero attached hydrogens (tertiary/aromatic N) is 1. The Hall–Kier alpha value is -4.91. The summed E-state index contributed by atoms with van der Waals surface area (Å²) in [7, 11) is 0. The van der Waals surface area contributed by atoms with Crippen molar-refractivity contribution in [2.24, 2.45) is 0 Å². The van der Waals surface area contributed by atoms with Gasteiger partial charge in [0.05, 0.1) is 44.8 Å². The number of hydrogen-bond donors (Lipinski definition) is 1. The number of rotatable bonds is 14. The number of esters is 1. The van der Waals surface area contributed by atoms with Crippen LogP contribution in [0.2, 0.25) is 0 Å². The van der Waals surface area contributed by atoms with Crippen molar-refractivity contribution in [3.63, 3.8) is 0 Å². The molecular weight excluding hydrogens is 516 g/mol. The summed E-state index contributed by atoms with van der Waals surface area (Å²) in [5.74, 6) is 0.903. The largest absolute Gasteiger partial charge is 0.490 e. The first-order chi connectivity index (χ1) is 19.4. The fourth-order valence-corrected chi connectivity index (χ4v) is 3.62. The van der Waals surface area contributed by atoms with Gasteiger partial charge in [-0.2, -0.15) is 5.26 Å². The van der Waals surface area contributed by atoms with Crippen molar-refractivity contribution in [2.45, 2.75) is 34.2 Å². The molecule has 0 aliphatic rings. The summed E-state index contributed by atoms with van der Waals surface area (Å²) in [4.78, 5) is 25.7. The molecule has 2 aromatic carbocycles. The quantitative estimate of drug-likeness (QED) is 0.123. The lowest BCUT2D eigenvalue weighted by Gasteiger charge is -2.17. The number of benzene rings is 2. The maximum absolute atomic E-state index is 13.2. The van der Waals surface area contributed by atoms with Gasteiger partial charge < -0.3 is 33.4 Å². The Labute approximate surface area is 233 Å². The summed E-state index contributed by atoms with van der Waals surface area (Å²) in [5.41, 5.74) is 0.591. The number of hydrogen-bond acceptors (Lipinski definition) is 9. The van der Waals surface area contributed by atoms with E-state index in [1.165, 1.54) is 30.5 Å². The summed E-state index contributed by atoms with van der Waals surface area (Å²) < 4.78 is 33.6. The lowest BCUT2D eigenvalue weighted by Crippen LogP contribution is -2.23. The molecular formula is C30H32N2O8. The van der Waals surface area contributed by atoms with Crippen molar-refractivity contribution in [3.05, 3.63) is 71.2 Å². The minimum absolute atomic E-state index is 0.111. The molecule has 1 aromatic heterocycles. The van der Waals surface area contributed by atoms with E-state index in [1.54, 1.807) is 31.2 Å². The van der Waals surface area contributed by atoms with Crippen molar-refractivity contribution in [1.29, 1.82) is 5.26 Å². The molecule has 1 N–H and O–H groups in total. The maximum atomic E-state index is 13.2. The van der Waals surface area contributed by atoms with Crippen LogP contribution in [-0.4, -0.2) is 38.3 Å². The number of amides is 1. The highest BCUT2D eigenvalue weighted by atomic mass is 16.6. The highest BCUT2D eigenvalue weighted by Crippen LogP contribution is 2.40. The lowest BCUT2D eigenvalue weighted by molar-refractivity contribution is -0.117. The van der Waals surface area contributed by atoms with E-state index in [0.29, 0.717) is 55.0 Å². The molecule has 3 aromatic rings. The molecule has 1 amide bonds. The highest BCUT2D eigenvalue weighted by molar-refractivity contribution is 6.01. The first-order valence-electron chi connectivity index (χ1n) is 12.9. The van der Waals surface area contributed by atoms with Crippen molar-refractivity contribution >= 4 is 18.0 Å². The van der Waals surface area contributed by atoms with Gasteiger partial charge in [-0.25, -0.2) is 4.79 Å². The average Bonchev–Trinajstić information content (AvgIpc) is 3.47. The monoisotopic (exact) mass is 548 g/mol. The molecule has 10 heteroatoms. The Morgan fingerprint density at radius 2 is 1.52 bits per heavy atom. The van der Waals surface area contributed by atoms with Crippen molar-refractivity contribution in [2.75, 3.05) is 26.4 Å². The minimum Gasteiger partial charge on any atom is -0.490 e. The van der Waals surface area contributed by atoms with Crippen LogP contribution < -0.4 is 29.0 Å². The maximum Gasteiger partial charge on any atom is 0.343 e. The Balaban J connectivity index is 1.86. The van der Waals surface area contributed by atoms with Crippen LogP contribution in [0.5, 0.6) is 28.7 Å². The Morgan fingerprint density at radius 1 is 0.875 bits per heavy atom. The van der Waals surface area contributed by atoms with Crippen molar-refractivity contribution in [3.8, 4) is 34.8 Å². The third-order valence-corrected chi connectivity index (χ3v) is 5.29. The minimum atomic E-state index is -0.663. The van der Waals surface area contributed by atoms with Gasteiger partial charge in [-0.15, -0.1) is 0 Å². The first kappa shape index (κ1) is 29.6. The van der Waals surface area contributed by atoms with Crippen LogP contribution in [0.4, 0.5) is 0 Å². The van der Waals surface area contributed by atoms with E-state index >= 15 is 0 Å². The topological polar surface area (TPSA) is 129 Å². The van der Waals surface area contributed by atoms with Crippen molar-refractivity contribution < 1.29 is 37.7 Å². The summed E-state index contributed by atoms with van der Waals surface area (Å²) in [6.07, 6.45) is 2.92. The van der Waals surface area contributed by atoms with Gasteiger partial charge in [0, 0.05) is 0 Å². The Bertz CT molecular complexity index is 1350. The average molecular weight is 549 g/mol. The van der Waals surface area contributed by atoms with Crippen LogP contribution in [0.25, 0.3) is 6.08 Å². The second-order valence-electron chi connectivity index (χ2n) is 8.06. The number of ether oxygens (including phenoxy) is 5. The number of furan rings is 1. The molecule has 0 aliphatic carbocycles. The smallest absolute Gasteiger partial charge is 0.343 e. The summed E-state index contributed by atoms with van der Waals surface area (Å²) in [6, 6.07) is 13.1. The highest BCUT2D eigenvalue weighted by Gasteiger charge is 2.21. The number of nitriles is 1. The van der Waals surface area contributed by atoms with Gasteiger partial charge in [-0.3, -0.25) is 4.79 Å². The second kappa shape index (κ2) is 14.9. The molecule has 210 valence electrons. The molecule has 10 nitrogen and oxygen atoms in total. The van der Waals surface area contributed by atoms with E-state index < -0.39 is 11.9 Å². The first-order valence-corrected chi connectivity index (χ1v) is 12.9. The normalized spacial score (nSPS) is 10.8. The number of carbonyl (C=O) groups is 2. The van der Waals surface area contributed by atoms with Gasteiger partial charge in [0.15, 0.2) is 23.0 Å². The fourth-order valence-electron chi connectivity index (χ4n) is 3.62. The van der Waals surface area contributed by atoms with Gasteiger partial charge >= 0.3 is 5.97 Å². The van der Waals surface area contributed by atoms with Crippen LogP contribution in [0.15, 0.2) is 58.7 Å². The van der Waals surface area contributed by atoms with E-state index in [4.69, 9.17) is 28.1 Å². The SMILES string of the molecule is CCOc1cc(/C=C(\C#N)C(=O)NCc2ccco2)ccc1OC(=O)c1cc(OCC)c(OCC)c(OCC)c1. The van der Waals surface area contributed by atoms with E-state index in [0.717, 1.165) is 0 Å². The molecule has 0 atom stereocenters. The molecule has 0 saturated carbocycles. The molecule has 0 unspecified atom stereocenters. The van der Waals surface area contributed by atoms with Crippen LogP contribution >= 0.6 is 0 Å². The second-order valence-corrected chi connectivity index (χ2v) is 8.06. The summed E-state index contributed by atoms with van der Waals surface area (Å²) in [6.45, 7) is 8.82. The zero-order valence-electron chi connectivity index (χ0n) is 22.9. The van der Waals surface area contributed by atoms with Gasteiger partial charge in [0.1, 0.15) is 17.4 Å². The molecule has 3 rings (SSSR count). The lowest BCUT2D eigenvalue weighted by atomic mass is 10.1. The third-order valence-electron chi connectivity index (χ3n) is 5.29. The van der Waals surface area contributed by atoms with Gasteiger partial charge in [0.2, 0.25) is 5.75 Å². The molecule has 0 bridgehead atoms. The van der Waals surface area contributed by atoms with Gasteiger partial charge in [0.25, 0.3) is 5.91 Å². The molecule has 0 saturated heterocycles. The summed E-state index contributed by atoms with van der Waals surface area (Å²) >= 11 is 0. The molecule has 0 spiro atoms. The number of carbonyl (C=O) groups excluding carboxylic acids is 2. The van der Waals surface area contributed by atoms with Crippen LogP contribution in [0.3, 0.4) is 0 Å². The molecule has 1 heterocycles. The molecule has 0 fully saturated rings. The van der Waals surface area contributed by atoms with Gasteiger partial charge in [-0.05, 0) is 75.7 Å². The van der Waals surface area contributed by atoms with Crippen LogP contribution in [0, 0.1) is 11.3 Å². The Kier molecular flexibility index (Phi) is 11.0. The molecule has 0 aliphatic heterocycles. The standard InChI is InChI=1S/C30H32N2O8/c1-5-35-25-15-20(14-22(18-31)29(33)32-19-23-10-9-13-39-23)11-12-24(25)40-30(34)21-16-26(36-6-2)28(38-8-4)27(17-21)37-7-3/h9-17H,5-8,19H2,1-4H3,(H,32,33)/b22-14+. The summed E-state index contributed by atoms with van der Waals surface area (Å²) in [5, 5.41) is 12.2. The van der Waals surface area contributed by atoms with Gasteiger partial charge in [-0.1, -0.05) is 6.07 Å². The fraction of sp³-hybridized carbons (Fsp3) is 0.300. The molecule has 40 heavy (non-hydrogen) atoms. The zero-order valence-corrected chi connectivity index (χ0v) is 22.9. The predicted molar refractivity (Wildman–Crippen MR) is 147 cm³/mol. The Morgan fingerprint density at radius 3 is 2.10 bits per heavy atom. The third kappa shape index (κ3) is 7.80.